The maximum atomic E-state index is 12.3. The predicted molar refractivity (Wildman–Crippen MR) is 115 cm³/mol. The van der Waals surface area contributed by atoms with E-state index in [0.717, 1.165) is 43.1 Å². The minimum atomic E-state index is -0.119. The van der Waals surface area contributed by atoms with Crippen molar-refractivity contribution in [3.63, 3.8) is 0 Å². The first-order valence-corrected chi connectivity index (χ1v) is 10.4. The SMILES string of the molecule is COCCCNC(=O)c1cn2c(n1)CCC(c1ccc(Oc3ccccc3)cc1)C2. The number of nitrogens with zero attached hydrogens (tertiary/aromatic N) is 2. The van der Waals surface area contributed by atoms with Crippen LogP contribution in [0.5, 0.6) is 11.5 Å². The van der Waals surface area contributed by atoms with Gasteiger partial charge in [0.15, 0.2) is 0 Å². The van der Waals surface area contributed by atoms with Gasteiger partial charge in [-0.15, -0.1) is 0 Å². The average molecular weight is 405 g/mol. The Morgan fingerprint density at radius 3 is 2.67 bits per heavy atom. The zero-order chi connectivity index (χ0) is 20.8. The number of aromatic nitrogens is 2. The summed E-state index contributed by atoms with van der Waals surface area (Å²) in [7, 11) is 1.66. The molecule has 2 heterocycles. The highest BCUT2D eigenvalue weighted by Crippen LogP contribution is 2.31. The van der Waals surface area contributed by atoms with Crippen LogP contribution in [0.4, 0.5) is 0 Å². The van der Waals surface area contributed by atoms with Crippen LogP contribution in [0, 0.1) is 0 Å². The summed E-state index contributed by atoms with van der Waals surface area (Å²) in [6, 6.07) is 18.1. The number of hydrogen-bond donors (Lipinski definition) is 1. The molecule has 1 atom stereocenters. The van der Waals surface area contributed by atoms with E-state index in [1.165, 1.54) is 5.56 Å². The van der Waals surface area contributed by atoms with Gasteiger partial charge >= 0.3 is 0 Å². The molecule has 1 aliphatic heterocycles. The van der Waals surface area contributed by atoms with Gasteiger partial charge < -0.3 is 19.4 Å². The molecule has 0 bridgehead atoms. The molecular weight excluding hydrogens is 378 g/mol. The zero-order valence-electron chi connectivity index (χ0n) is 17.2. The first-order valence-electron chi connectivity index (χ1n) is 10.4. The van der Waals surface area contributed by atoms with E-state index < -0.39 is 0 Å². The van der Waals surface area contributed by atoms with E-state index in [0.29, 0.717) is 24.8 Å². The van der Waals surface area contributed by atoms with Crippen molar-refractivity contribution >= 4 is 5.91 Å². The number of para-hydroxylation sites is 1. The van der Waals surface area contributed by atoms with Gasteiger partial charge in [0.05, 0.1) is 0 Å². The van der Waals surface area contributed by atoms with Gasteiger partial charge in [0.25, 0.3) is 5.91 Å². The molecule has 0 aliphatic carbocycles. The molecule has 0 spiro atoms. The molecule has 1 unspecified atom stereocenters. The fourth-order valence-electron chi connectivity index (χ4n) is 3.77. The highest BCUT2D eigenvalue weighted by molar-refractivity contribution is 5.92. The molecule has 2 aromatic carbocycles. The number of imidazole rings is 1. The van der Waals surface area contributed by atoms with Crippen LogP contribution in [0.15, 0.2) is 60.8 Å². The van der Waals surface area contributed by atoms with Gasteiger partial charge in [0.1, 0.15) is 23.0 Å². The Bertz CT molecular complexity index is 967. The number of carbonyl (C=O) groups excluding carboxylic acids is 1. The maximum absolute atomic E-state index is 12.3. The Hall–Kier alpha value is -3.12. The minimum Gasteiger partial charge on any atom is -0.457 e. The summed E-state index contributed by atoms with van der Waals surface area (Å²) in [5.74, 6) is 2.93. The van der Waals surface area contributed by atoms with Crippen molar-refractivity contribution < 1.29 is 14.3 Å². The summed E-state index contributed by atoms with van der Waals surface area (Å²) >= 11 is 0. The van der Waals surface area contributed by atoms with E-state index in [-0.39, 0.29) is 5.91 Å². The van der Waals surface area contributed by atoms with E-state index in [9.17, 15) is 4.79 Å². The van der Waals surface area contributed by atoms with Crippen LogP contribution in [-0.2, 0) is 17.7 Å². The molecule has 0 radical (unpaired) electrons. The molecule has 1 aliphatic rings. The van der Waals surface area contributed by atoms with Gasteiger partial charge in [-0.05, 0) is 42.7 Å². The topological polar surface area (TPSA) is 65.4 Å². The monoisotopic (exact) mass is 405 g/mol. The van der Waals surface area contributed by atoms with Crippen molar-refractivity contribution in [2.45, 2.75) is 31.7 Å². The largest absolute Gasteiger partial charge is 0.457 e. The van der Waals surface area contributed by atoms with Crippen molar-refractivity contribution in [2.75, 3.05) is 20.3 Å². The second kappa shape index (κ2) is 9.59. The number of rotatable bonds is 8. The van der Waals surface area contributed by atoms with E-state index in [1.54, 1.807) is 7.11 Å². The lowest BCUT2D eigenvalue weighted by atomic mass is 9.91. The van der Waals surface area contributed by atoms with E-state index in [1.807, 2.05) is 48.7 Å². The molecule has 0 saturated heterocycles. The Kier molecular flexibility index (Phi) is 6.44. The molecule has 6 nitrogen and oxygen atoms in total. The van der Waals surface area contributed by atoms with Gasteiger partial charge in [-0.3, -0.25) is 4.79 Å². The number of carbonyl (C=O) groups is 1. The summed E-state index contributed by atoms with van der Waals surface area (Å²) in [4.78, 5) is 16.9. The smallest absolute Gasteiger partial charge is 0.271 e. The first kappa shape index (κ1) is 20.2. The minimum absolute atomic E-state index is 0.119. The van der Waals surface area contributed by atoms with Gasteiger partial charge in [-0.25, -0.2) is 4.98 Å². The third-order valence-corrected chi connectivity index (χ3v) is 5.37. The fraction of sp³-hybridized carbons (Fsp3) is 0.333. The van der Waals surface area contributed by atoms with Crippen molar-refractivity contribution in [2.24, 2.45) is 0 Å². The van der Waals surface area contributed by atoms with Crippen molar-refractivity contribution in [1.82, 2.24) is 14.9 Å². The van der Waals surface area contributed by atoms with Crippen LogP contribution in [0.3, 0.4) is 0 Å². The van der Waals surface area contributed by atoms with E-state index in [2.05, 4.69) is 27.0 Å². The summed E-state index contributed by atoms with van der Waals surface area (Å²) in [6.45, 7) is 2.06. The number of methoxy groups -OCH3 is 1. The Morgan fingerprint density at radius 2 is 1.90 bits per heavy atom. The second-order valence-electron chi connectivity index (χ2n) is 7.52. The molecule has 0 saturated carbocycles. The Balaban J connectivity index is 1.37. The normalized spacial score (nSPS) is 15.4. The van der Waals surface area contributed by atoms with Crippen LogP contribution in [0.1, 0.15) is 40.6 Å². The number of amides is 1. The quantitative estimate of drug-likeness (QED) is 0.571. The second-order valence-corrected chi connectivity index (χ2v) is 7.52. The summed E-state index contributed by atoms with van der Waals surface area (Å²) in [5, 5.41) is 2.90. The van der Waals surface area contributed by atoms with Gasteiger partial charge in [-0.1, -0.05) is 30.3 Å². The Morgan fingerprint density at radius 1 is 1.13 bits per heavy atom. The molecule has 30 heavy (non-hydrogen) atoms. The van der Waals surface area contributed by atoms with Crippen molar-refractivity contribution in [3.8, 4) is 11.5 Å². The summed E-state index contributed by atoms with van der Waals surface area (Å²) in [5.41, 5.74) is 1.77. The lowest BCUT2D eigenvalue weighted by Crippen LogP contribution is -2.25. The van der Waals surface area contributed by atoms with Crippen LogP contribution in [0.25, 0.3) is 0 Å². The number of benzene rings is 2. The number of ether oxygens (including phenoxy) is 2. The Labute approximate surface area is 176 Å². The molecular formula is C24H27N3O3. The number of fused-ring (bicyclic) bond motifs is 1. The lowest BCUT2D eigenvalue weighted by Gasteiger charge is -2.24. The van der Waals surface area contributed by atoms with Crippen LogP contribution in [0.2, 0.25) is 0 Å². The molecule has 1 N–H and O–H groups in total. The van der Waals surface area contributed by atoms with Gasteiger partial charge in [-0.2, -0.15) is 0 Å². The average Bonchev–Trinajstić information content (AvgIpc) is 3.21. The van der Waals surface area contributed by atoms with Crippen LogP contribution < -0.4 is 10.1 Å². The van der Waals surface area contributed by atoms with E-state index >= 15 is 0 Å². The van der Waals surface area contributed by atoms with Crippen molar-refractivity contribution in [1.29, 1.82) is 0 Å². The molecule has 1 amide bonds. The number of hydrogen-bond acceptors (Lipinski definition) is 4. The standard InChI is InChI=1S/C24H27N3O3/c1-29-15-5-14-25-24(28)22-17-27-16-19(10-13-23(27)26-22)18-8-11-21(12-9-18)30-20-6-3-2-4-7-20/h2-4,6-9,11-12,17,19H,5,10,13-16H2,1H3,(H,25,28). The highest BCUT2D eigenvalue weighted by Gasteiger charge is 2.23. The summed E-state index contributed by atoms with van der Waals surface area (Å²) in [6.07, 6.45) is 4.55. The maximum Gasteiger partial charge on any atom is 0.271 e. The zero-order valence-corrected chi connectivity index (χ0v) is 17.2. The third kappa shape index (κ3) is 4.89. The van der Waals surface area contributed by atoms with Gasteiger partial charge in [0, 0.05) is 45.3 Å². The molecule has 1 aromatic heterocycles. The molecule has 156 valence electrons. The molecule has 0 fully saturated rings. The number of nitrogens with one attached hydrogen (secondary N) is 1. The predicted octanol–water partition coefficient (Wildman–Crippen LogP) is 4.17. The lowest BCUT2D eigenvalue weighted by molar-refractivity contribution is 0.0944. The third-order valence-electron chi connectivity index (χ3n) is 5.37. The van der Waals surface area contributed by atoms with Crippen LogP contribution >= 0.6 is 0 Å². The number of aryl methyl sites for hydroxylation is 1. The highest BCUT2D eigenvalue weighted by atomic mass is 16.5. The summed E-state index contributed by atoms with van der Waals surface area (Å²) < 4.78 is 13.0. The van der Waals surface area contributed by atoms with Gasteiger partial charge in [0.2, 0.25) is 0 Å². The molecule has 3 aromatic rings. The molecule has 6 heteroatoms. The fourth-order valence-corrected chi connectivity index (χ4v) is 3.77. The van der Waals surface area contributed by atoms with E-state index in [4.69, 9.17) is 9.47 Å². The van der Waals surface area contributed by atoms with Crippen LogP contribution in [-0.4, -0.2) is 35.7 Å². The molecule has 4 rings (SSSR count). The van der Waals surface area contributed by atoms with Crippen molar-refractivity contribution in [3.05, 3.63) is 77.9 Å². The first-order chi connectivity index (χ1) is 14.7.